The van der Waals surface area contributed by atoms with Gasteiger partial charge in [-0.25, -0.2) is 8.42 Å². The van der Waals surface area contributed by atoms with Gasteiger partial charge in [0.2, 0.25) is 15.4 Å². The zero-order valence-corrected chi connectivity index (χ0v) is 12.1. The Morgan fingerprint density at radius 2 is 2.15 bits per heavy atom. The number of carbonyl (C=O) groups excluding carboxylic acids is 1. The van der Waals surface area contributed by atoms with Gasteiger partial charge in [-0.15, -0.1) is 10.2 Å². The molecule has 2 N–H and O–H groups in total. The molecule has 1 aliphatic heterocycles. The molecule has 0 unspecified atom stereocenters. The molecule has 0 aliphatic carbocycles. The maximum Gasteiger partial charge on any atom is 0.322 e. The monoisotopic (exact) mass is 320 g/mol. The lowest BCUT2D eigenvalue weighted by atomic mass is 10.2. The molecule has 0 aromatic carbocycles. The predicted octanol–water partition coefficient (Wildman–Crippen LogP) is -0.266. The van der Waals surface area contributed by atoms with E-state index in [-0.39, 0.29) is 22.4 Å². The second kappa shape index (κ2) is 5.42. The molecule has 20 heavy (non-hydrogen) atoms. The summed E-state index contributed by atoms with van der Waals surface area (Å²) >= 11 is 0.692. The van der Waals surface area contributed by atoms with Crippen molar-refractivity contribution < 1.29 is 23.1 Å². The lowest BCUT2D eigenvalue weighted by Crippen LogP contribution is -2.40. The quantitative estimate of drug-likeness (QED) is 0.731. The standard InChI is InChI=1S/C9H12N4O5S2/c1-5(14)10-8-11-12-9(19-8)20(17,18)13-4-2-3-6(13)7(15)16/h6H,2-4H2,1H3,(H,15,16)(H,10,11,14)/t6-/m0/s1. The molecule has 1 atom stereocenters. The summed E-state index contributed by atoms with van der Waals surface area (Å²) < 4.78 is 25.2. The van der Waals surface area contributed by atoms with E-state index in [0.717, 1.165) is 4.31 Å². The number of anilines is 1. The van der Waals surface area contributed by atoms with Crippen LogP contribution in [-0.4, -0.2) is 52.5 Å². The first-order chi connectivity index (χ1) is 9.32. The first-order valence-electron chi connectivity index (χ1n) is 5.68. The molecule has 1 aromatic heterocycles. The average molecular weight is 320 g/mol. The average Bonchev–Trinajstić information content (AvgIpc) is 2.95. The first kappa shape index (κ1) is 14.8. The van der Waals surface area contributed by atoms with Crippen molar-refractivity contribution >= 4 is 38.4 Å². The number of carboxylic acid groups (broad SMARTS) is 1. The van der Waals surface area contributed by atoms with Crippen LogP contribution in [0.4, 0.5) is 5.13 Å². The zero-order chi connectivity index (χ0) is 14.9. The second-order valence-corrected chi connectivity index (χ2v) is 7.21. The number of nitrogens with zero attached hydrogens (tertiary/aromatic N) is 3. The molecule has 0 bridgehead atoms. The molecule has 0 spiro atoms. The fourth-order valence-electron chi connectivity index (χ4n) is 1.89. The van der Waals surface area contributed by atoms with Crippen molar-refractivity contribution in [3.63, 3.8) is 0 Å². The fraction of sp³-hybridized carbons (Fsp3) is 0.556. The van der Waals surface area contributed by atoms with Crippen LogP contribution >= 0.6 is 11.3 Å². The highest BCUT2D eigenvalue weighted by molar-refractivity contribution is 7.91. The smallest absolute Gasteiger partial charge is 0.322 e. The van der Waals surface area contributed by atoms with E-state index in [1.165, 1.54) is 6.92 Å². The van der Waals surface area contributed by atoms with Gasteiger partial charge in [0.05, 0.1) is 0 Å². The van der Waals surface area contributed by atoms with E-state index < -0.39 is 27.9 Å². The Balaban J connectivity index is 2.28. The van der Waals surface area contributed by atoms with Gasteiger partial charge in [-0.1, -0.05) is 11.3 Å². The summed E-state index contributed by atoms with van der Waals surface area (Å²) in [5.41, 5.74) is 0. The van der Waals surface area contributed by atoms with Gasteiger partial charge in [0, 0.05) is 13.5 Å². The van der Waals surface area contributed by atoms with Crippen LogP contribution in [0.5, 0.6) is 0 Å². The van der Waals surface area contributed by atoms with Crippen molar-refractivity contribution in [3.8, 4) is 0 Å². The van der Waals surface area contributed by atoms with Gasteiger partial charge in [-0.2, -0.15) is 4.31 Å². The van der Waals surface area contributed by atoms with Crippen LogP contribution < -0.4 is 5.32 Å². The van der Waals surface area contributed by atoms with E-state index in [2.05, 4.69) is 15.5 Å². The minimum absolute atomic E-state index is 0.0575. The Hall–Kier alpha value is -1.59. The number of carboxylic acids is 1. The van der Waals surface area contributed by atoms with Gasteiger partial charge in [0.15, 0.2) is 0 Å². The molecule has 11 heteroatoms. The van der Waals surface area contributed by atoms with Crippen molar-refractivity contribution in [2.24, 2.45) is 0 Å². The highest BCUT2D eigenvalue weighted by atomic mass is 32.2. The molecule has 0 saturated carbocycles. The van der Waals surface area contributed by atoms with Crippen molar-refractivity contribution in [1.82, 2.24) is 14.5 Å². The van der Waals surface area contributed by atoms with E-state index in [1.54, 1.807) is 0 Å². The Kier molecular flexibility index (Phi) is 4.01. The molecular formula is C9H12N4O5S2. The Labute approximate surface area is 118 Å². The number of hydrogen-bond donors (Lipinski definition) is 2. The summed E-state index contributed by atoms with van der Waals surface area (Å²) in [6.07, 6.45) is 0.749. The molecule has 1 aromatic rings. The van der Waals surface area contributed by atoms with Crippen molar-refractivity contribution in [2.45, 2.75) is 30.1 Å². The number of sulfonamides is 1. The Morgan fingerprint density at radius 1 is 1.45 bits per heavy atom. The van der Waals surface area contributed by atoms with Crippen LogP contribution in [0, 0.1) is 0 Å². The molecule has 110 valence electrons. The van der Waals surface area contributed by atoms with E-state index in [1.807, 2.05) is 0 Å². The fourth-order valence-corrected chi connectivity index (χ4v) is 4.60. The summed E-state index contributed by atoms with van der Waals surface area (Å²) in [4.78, 5) is 21.9. The molecule has 1 fully saturated rings. The van der Waals surface area contributed by atoms with Gasteiger partial charge in [-0.05, 0) is 12.8 Å². The van der Waals surface area contributed by atoms with Crippen molar-refractivity contribution in [1.29, 1.82) is 0 Å². The van der Waals surface area contributed by atoms with E-state index in [4.69, 9.17) is 5.11 Å². The molecule has 0 radical (unpaired) electrons. The summed E-state index contributed by atoms with van der Waals surface area (Å²) in [5, 5.41) is 18.5. The summed E-state index contributed by atoms with van der Waals surface area (Å²) in [7, 11) is -4.00. The summed E-state index contributed by atoms with van der Waals surface area (Å²) in [6.45, 7) is 1.39. The summed E-state index contributed by atoms with van der Waals surface area (Å²) in [6, 6.07) is -1.08. The number of carbonyl (C=O) groups is 2. The Bertz CT molecular complexity index is 641. The number of rotatable bonds is 4. The van der Waals surface area contributed by atoms with Gasteiger partial charge in [-0.3, -0.25) is 9.59 Å². The van der Waals surface area contributed by atoms with Crippen LogP contribution in [-0.2, 0) is 19.6 Å². The minimum atomic E-state index is -4.00. The lowest BCUT2D eigenvalue weighted by Gasteiger charge is -2.18. The van der Waals surface area contributed by atoms with E-state index >= 15 is 0 Å². The maximum atomic E-state index is 12.3. The first-order valence-corrected chi connectivity index (χ1v) is 7.94. The molecule has 1 saturated heterocycles. The molecule has 1 amide bonds. The van der Waals surface area contributed by atoms with Crippen LogP contribution in [0.1, 0.15) is 19.8 Å². The normalized spacial score (nSPS) is 19.9. The van der Waals surface area contributed by atoms with Crippen LogP contribution in [0.2, 0.25) is 0 Å². The highest BCUT2D eigenvalue weighted by Crippen LogP contribution is 2.29. The molecule has 9 nitrogen and oxygen atoms in total. The number of aromatic nitrogens is 2. The number of amides is 1. The topological polar surface area (TPSA) is 130 Å². The van der Waals surface area contributed by atoms with Crippen molar-refractivity contribution in [3.05, 3.63) is 0 Å². The number of aliphatic carboxylic acids is 1. The summed E-state index contributed by atoms with van der Waals surface area (Å²) in [5.74, 6) is -1.58. The third kappa shape index (κ3) is 2.78. The van der Waals surface area contributed by atoms with Crippen LogP contribution in [0.25, 0.3) is 0 Å². The van der Waals surface area contributed by atoms with Crippen LogP contribution in [0.3, 0.4) is 0 Å². The second-order valence-electron chi connectivity index (χ2n) is 4.17. The van der Waals surface area contributed by atoms with E-state index in [9.17, 15) is 18.0 Å². The Morgan fingerprint density at radius 3 is 2.75 bits per heavy atom. The number of hydrogen-bond acceptors (Lipinski definition) is 7. The van der Waals surface area contributed by atoms with Gasteiger partial charge < -0.3 is 10.4 Å². The molecule has 1 aliphatic rings. The molecular weight excluding hydrogens is 308 g/mol. The third-order valence-corrected chi connectivity index (χ3v) is 5.80. The maximum absolute atomic E-state index is 12.3. The lowest BCUT2D eigenvalue weighted by molar-refractivity contribution is -0.140. The number of nitrogens with one attached hydrogen (secondary N) is 1. The van der Waals surface area contributed by atoms with Crippen LogP contribution in [0.15, 0.2) is 4.34 Å². The SMILES string of the molecule is CC(=O)Nc1nnc(S(=O)(=O)N2CCC[C@H]2C(=O)O)s1. The van der Waals surface area contributed by atoms with Crippen molar-refractivity contribution in [2.75, 3.05) is 11.9 Å². The predicted molar refractivity (Wildman–Crippen MR) is 68.8 cm³/mol. The largest absolute Gasteiger partial charge is 0.480 e. The third-order valence-electron chi connectivity index (χ3n) is 2.71. The molecule has 2 rings (SSSR count). The van der Waals surface area contributed by atoms with Gasteiger partial charge in [0.1, 0.15) is 6.04 Å². The molecule has 2 heterocycles. The van der Waals surface area contributed by atoms with Gasteiger partial charge >= 0.3 is 5.97 Å². The van der Waals surface area contributed by atoms with E-state index in [0.29, 0.717) is 17.8 Å². The highest BCUT2D eigenvalue weighted by Gasteiger charge is 2.41. The zero-order valence-electron chi connectivity index (χ0n) is 10.4. The minimum Gasteiger partial charge on any atom is -0.480 e. The van der Waals surface area contributed by atoms with Gasteiger partial charge in [0.25, 0.3) is 10.0 Å².